The van der Waals surface area contributed by atoms with Crippen LogP contribution in [0.25, 0.3) is 17.2 Å². The second-order valence-electron chi connectivity index (χ2n) is 11.0. The van der Waals surface area contributed by atoms with E-state index >= 15 is 0 Å². The zero-order valence-corrected chi connectivity index (χ0v) is 20.9. The Morgan fingerprint density at radius 1 is 0.861 bits per heavy atom. The highest BCUT2D eigenvalue weighted by Gasteiger charge is 2.36. The van der Waals surface area contributed by atoms with Crippen molar-refractivity contribution in [3.8, 4) is 17.2 Å². The molecule has 3 heterocycles. The molecule has 2 saturated carbocycles. The van der Waals surface area contributed by atoms with Gasteiger partial charge in [0.1, 0.15) is 0 Å². The molecule has 2 aromatic heterocycles. The molecule has 3 aliphatic carbocycles. The highest BCUT2D eigenvalue weighted by molar-refractivity contribution is 5.95. The standard InChI is InChI=1S/C29H34N6O/c36-28(34-16-14-33(15-17-34)23-9-2-3-10-23)25-19-31-35(27(25)21-12-13-21)29-30-18-22-8-5-7-20-6-1-4-11-24(20)26(22)32-29/h1,4,6,11,18-19,21,23H,2-3,5,7-10,12-17H2. The summed E-state index contributed by atoms with van der Waals surface area (Å²) in [6, 6.07) is 9.29. The summed E-state index contributed by atoms with van der Waals surface area (Å²) < 4.78 is 1.85. The van der Waals surface area contributed by atoms with E-state index in [0.29, 0.717) is 11.9 Å². The molecule has 0 spiro atoms. The lowest BCUT2D eigenvalue weighted by Gasteiger charge is -2.38. The first-order chi connectivity index (χ1) is 17.8. The quantitative estimate of drug-likeness (QED) is 0.552. The molecule has 3 fully saturated rings. The molecule has 4 aliphatic rings. The van der Waals surface area contributed by atoms with Crippen LogP contribution in [0.15, 0.2) is 36.7 Å². The summed E-state index contributed by atoms with van der Waals surface area (Å²) in [5, 5.41) is 4.70. The number of amides is 1. The Labute approximate surface area is 212 Å². The van der Waals surface area contributed by atoms with Crippen molar-refractivity contribution in [1.82, 2.24) is 29.5 Å². The first kappa shape index (κ1) is 22.2. The monoisotopic (exact) mass is 482 g/mol. The van der Waals surface area contributed by atoms with E-state index in [1.165, 1.54) is 42.4 Å². The number of aryl methyl sites for hydroxylation is 2. The van der Waals surface area contributed by atoms with Gasteiger partial charge in [-0.15, -0.1) is 0 Å². The van der Waals surface area contributed by atoms with Crippen LogP contribution in [0.1, 0.15) is 78.0 Å². The average molecular weight is 483 g/mol. The van der Waals surface area contributed by atoms with Crippen LogP contribution in [-0.2, 0) is 12.8 Å². The van der Waals surface area contributed by atoms with Gasteiger partial charge in [-0.05, 0) is 56.1 Å². The lowest BCUT2D eigenvalue weighted by Crippen LogP contribution is -2.51. The van der Waals surface area contributed by atoms with Gasteiger partial charge in [0.2, 0.25) is 0 Å². The van der Waals surface area contributed by atoms with Gasteiger partial charge in [0.05, 0.1) is 23.1 Å². The van der Waals surface area contributed by atoms with E-state index in [1.807, 2.05) is 15.8 Å². The molecular formula is C29H34N6O. The lowest BCUT2D eigenvalue weighted by atomic mass is 10.0. The number of piperazine rings is 1. The van der Waals surface area contributed by atoms with Gasteiger partial charge < -0.3 is 4.90 Å². The minimum atomic E-state index is 0.120. The topological polar surface area (TPSA) is 67.2 Å². The van der Waals surface area contributed by atoms with Crippen LogP contribution in [0.3, 0.4) is 0 Å². The fraction of sp³-hybridized carbons (Fsp3) is 0.517. The van der Waals surface area contributed by atoms with Crippen molar-refractivity contribution in [3.05, 3.63) is 59.0 Å². The summed E-state index contributed by atoms with van der Waals surface area (Å²) in [4.78, 5) is 28.1. The number of carbonyl (C=O) groups is 1. The van der Waals surface area contributed by atoms with Crippen LogP contribution >= 0.6 is 0 Å². The molecule has 186 valence electrons. The van der Waals surface area contributed by atoms with Crippen molar-refractivity contribution in [3.63, 3.8) is 0 Å². The van der Waals surface area contributed by atoms with Crippen molar-refractivity contribution in [1.29, 1.82) is 0 Å². The maximum absolute atomic E-state index is 13.7. The van der Waals surface area contributed by atoms with Crippen LogP contribution < -0.4 is 0 Å². The van der Waals surface area contributed by atoms with E-state index in [1.54, 1.807) is 6.20 Å². The summed E-state index contributed by atoms with van der Waals surface area (Å²) >= 11 is 0. The van der Waals surface area contributed by atoms with Gasteiger partial charge in [-0.25, -0.2) is 14.6 Å². The van der Waals surface area contributed by atoms with Gasteiger partial charge in [0.25, 0.3) is 11.9 Å². The molecule has 1 saturated heterocycles. The molecule has 0 atom stereocenters. The number of nitrogens with zero attached hydrogens (tertiary/aromatic N) is 6. The van der Waals surface area contributed by atoms with Crippen LogP contribution in [-0.4, -0.2) is 67.7 Å². The third kappa shape index (κ3) is 3.94. The third-order valence-corrected chi connectivity index (χ3v) is 8.65. The average Bonchev–Trinajstić information content (AvgIpc) is 3.48. The minimum absolute atomic E-state index is 0.120. The number of hydrogen-bond acceptors (Lipinski definition) is 5. The van der Waals surface area contributed by atoms with Crippen molar-refractivity contribution >= 4 is 5.91 Å². The van der Waals surface area contributed by atoms with Crippen molar-refractivity contribution in [2.24, 2.45) is 0 Å². The first-order valence-corrected chi connectivity index (χ1v) is 13.8. The smallest absolute Gasteiger partial charge is 0.257 e. The van der Waals surface area contributed by atoms with Crippen molar-refractivity contribution in [2.75, 3.05) is 26.2 Å². The highest BCUT2D eigenvalue weighted by Crippen LogP contribution is 2.43. The molecule has 0 radical (unpaired) electrons. The Hall–Kier alpha value is -3.06. The summed E-state index contributed by atoms with van der Waals surface area (Å²) in [7, 11) is 0. The van der Waals surface area contributed by atoms with Crippen LogP contribution in [0.5, 0.6) is 0 Å². The summed E-state index contributed by atoms with van der Waals surface area (Å²) in [5.41, 5.74) is 6.49. The SMILES string of the molecule is O=C(c1cnn(-c2ncc3c(n2)-c2ccccc2CCC3)c1C1CC1)N1CCN(C2CCCC2)CC1. The Bertz CT molecular complexity index is 1280. The van der Waals surface area contributed by atoms with Crippen molar-refractivity contribution in [2.45, 2.75) is 69.7 Å². The third-order valence-electron chi connectivity index (χ3n) is 8.65. The Kier molecular flexibility index (Phi) is 5.61. The second kappa shape index (κ2) is 9.11. The van der Waals surface area contributed by atoms with Gasteiger partial charge in [0.15, 0.2) is 0 Å². The predicted octanol–water partition coefficient (Wildman–Crippen LogP) is 4.40. The Balaban J connectivity index is 1.18. The van der Waals surface area contributed by atoms with Gasteiger partial charge in [-0.2, -0.15) is 5.10 Å². The summed E-state index contributed by atoms with van der Waals surface area (Å²) in [5.74, 6) is 1.06. The number of aromatic nitrogens is 4. The molecule has 0 bridgehead atoms. The van der Waals surface area contributed by atoms with Crippen molar-refractivity contribution < 1.29 is 4.79 Å². The molecule has 7 nitrogen and oxygen atoms in total. The maximum Gasteiger partial charge on any atom is 0.257 e. The summed E-state index contributed by atoms with van der Waals surface area (Å²) in [6.45, 7) is 3.57. The van der Waals surface area contributed by atoms with Gasteiger partial charge in [-0.3, -0.25) is 9.69 Å². The molecule has 0 N–H and O–H groups in total. The molecule has 0 unspecified atom stereocenters. The molecule has 1 aromatic carbocycles. The van der Waals surface area contributed by atoms with Gasteiger partial charge in [-0.1, -0.05) is 37.1 Å². The largest absolute Gasteiger partial charge is 0.336 e. The fourth-order valence-corrected chi connectivity index (χ4v) is 6.52. The molecular weight excluding hydrogens is 448 g/mol. The van der Waals surface area contributed by atoms with Crippen LogP contribution in [0.4, 0.5) is 0 Å². The highest BCUT2D eigenvalue weighted by atomic mass is 16.2. The number of hydrogen-bond donors (Lipinski definition) is 0. The van der Waals surface area contributed by atoms with Gasteiger partial charge in [0, 0.05) is 49.9 Å². The molecule has 3 aromatic rings. The minimum Gasteiger partial charge on any atom is -0.336 e. The summed E-state index contributed by atoms with van der Waals surface area (Å²) in [6.07, 6.45) is 14.4. The number of fused-ring (bicyclic) bond motifs is 3. The van der Waals surface area contributed by atoms with E-state index in [4.69, 9.17) is 15.1 Å². The maximum atomic E-state index is 13.7. The zero-order chi connectivity index (χ0) is 24.1. The Morgan fingerprint density at radius 3 is 2.44 bits per heavy atom. The molecule has 1 amide bonds. The second-order valence-corrected chi connectivity index (χ2v) is 11.0. The van der Waals surface area contributed by atoms with E-state index in [-0.39, 0.29) is 5.91 Å². The van der Waals surface area contributed by atoms with Gasteiger partial charge >= 0.3 is 0 Å². The van der Waals surface area contributed by atoms with Crippen LogP contribution in [0.2, 0.25) is 0 Å². The Morgan fingerprint density at radius 2 is 1.64 bits per heavy atom. The van der Waals surface area contributed by atoms with E-state index in [9.17, 15) is 4.79 Å². The first-order valence-electron chi connectivity index (χ1n) is 13.8. The normalized spacial score (nSPS) is 20.7. The molecule has 7 rings (SSSR count). The number of rotatable bonds is 4. The number of benzene rings is 1. The molecule has 36 heavy (non-hydrogen) atoms. The predicted molar refractivity (Wildman–Crippen MR) is 138 cm³/mol. The fourth-order valence-electron chi connectivity index (χ4n) is 6.52. The van der Waals surface area contributed by atoms with E-state index in [0.717, 1.165) is 81.3 Å². The zero-order valence-electron chi connectivity index (χ0n) is 20.9. The van der Waals surface area contributed by atoms with Crippen LogP contribution in [0, 0.1) is 0 Å². The lowest BCUT2D eigenvalue weighted by molar-refractivity contribution is 0.0572. The molecule has 1 aliphatic heterocycles. The van der Waals surface area contributed by atoms with E-state index in [2.05, 4.69) is 29.2 Å². The molecule has 7 heteroatoms. The number of carbonyl (C=O) groups excluding carboxylic acids is 1. The van der Waals surface area contributed by atoms with E-state index < -0.39 is 0 Å².